The van der Waals surface area contributed by atoms with Crippen LogP contribution in [0.1, 0.15) is 19.8 Å². The number of hydrogen-bond acceptors (Lipinski definition) is 6. The first-order valence-electron chi connectivity index (χ1n) is 8.08. The lowest BCUT2D eigenvalue weighted by molar-refractivity contribution is -0.117. The molecule has 120 valence electrons. The summed E-state index contributed by atoms with van der Waals surface area (Å²) in [6.45, 7) is 7.80. The Bertz CT molecular complexity index is 539. The molecular formula is C16H23N3O3. The van der Waals surface area contributed by atoms with Gasteiger partial charge in [-0.05, 0) is 6.42 Å². The molecule has 0 atom stereocenters. The molecule has 0 aromatic carbocycles. The maximum absolute atomic E-state index is 12.4. The minimum Gasteiger partial charge on any atom is -0.396 e. The van der Waals surface area contributed by atoms with Crippen molar-refractivity contribution in [3.8, 4) is 0 Å². The Morgan fingerprint density at radius 1 is 0.955 bits per heavy atom. The van der Waals surface area contributed by atoms with E-state index in [0.29, 0.717) is 23.7 Å². The third-order valence-electron chi connectivity index (χ3n) is 4.00. The van der Waals surface area contributed by atoms with Gasteiger partial charge in [-0.15, -0.1) is 0 Å². The summed E-state index contributed by atoms with van der Waals surface area (Å²) in [7, 11) is 0. The smallest absolute Gasteiger partial charge is 0.227 e. The molecule has 6 heteroatoms. The van der Waals surface area contributed by atoms with Crippen molar-refractivity contribution in [1.82, 2.24) is 14.7 Å². The van der Waals surface area contributed by atoms with Crippen molar-refractivity contribution < 1.29 is 14.7 Å². The van der Waals surface area contributed by atoms with Gasteiger partial charge >= 0.3 is 0 Å². The number of rotatable bonds is 5. The van der Waals surface area contributed by atoms with Crippen LogP contribution in [0.2, 0.25) is 0 Å². The molecule has 4 aliphatic rings. The van der Waals surface area contributed by atoms with Crippen molar-refractivity contribution >= 4 is 11.6 Å². The number of carbonyl (C=O) groups excluding carboxylic acids is 2. The second-order valence-corrected chi connectivity index (χ2v) is 5.96. The standard InChI is InChI=1S/C12H13N3O2.C4H10O/c16-9-7-8(13-1-2-13)12(17)11(15-5-6-15)10(9)14-3-4-14;1-2-3-4-5/h7H,1-6H2;5H,2-4H2,1H3. The number of unbranched alkanes of at least 4 members (excludes halogenated alkanes) is 1. The molecule has 0 unspecified atom stereocenters. The highest BCUT2D eigenvalue weighted by atomic mass is 16.3. The zero-order valence-corrected chi connectivity index (χ0v) is 13.0. The van der Waals surface area contributed by atoms with Gasteiger partial charge in [0.15, 0.2) is 0 Å². The molecule has 0 spiro atoms. The van der Waals surface area contributed by atoms with E-state index in [1.807, 2.05) is 14.7 Å². The normalized spacial score (nSPS) is 22.5. The van der Waals surface area contributed by atoms with Crippen LogP contribution in [0.5, 0.6) is 0 Å². The van der Waals surface area contributed by atoms with Crippen LogP contribution in [0.15, 0.2) is 23.2 Å². The van der Waals surface area contributed by atoms with Crippen LogP contribution in [0.25, 0.3) is 0 Å². The summed E-state index contributed by atoms with van der Waals surface area (Å²) in [4.78, 5) is 30.5. The van der Waals surface area contributed by atoms with Gasteiger partial charge in [-0.3, -0.25) is 9.59 Å². The van der Waals surface area contributed by atoms with Gasteiger partial charge in [0.1, 0.15) is 11.4 Å². The van der Waals surface area contributed by atoms with E-state index in [2.05, 4.69) is 6.92 Å². The molecular weight excluding hydrogens is 282 g/mol. The molecule has 6 nitrogen and oxygen atoms in total. The summed E-state index contributed by atoms with van der Waals surface area (Å²) in [6.07, 6.45) is 3.56. The number of aliphatic hydroxyl groups is 1. The highest BCUT2D eigenvalue weighted by Gasteiger charge is 2.43. The quantitative estimate of drug-likeness (QED) is 0.568. The molecule has 0 aromatic heterocycles. The first-order chi connectivity index (χ1) is 10.7. The van der Waals surface area contributed by atoms with Gasteiger partial charge in [0.2, 0.25) is 11.6 Å². The molecule has 0 aromatic rings. The minimum absolute atomic E-state index is 0.00546. The maximum Gasteiger partial charge on any atom is 0.227 e. The molecule has 4 rings (SSSR count). The maximum atomic E-state index is 12.4. The highest BCUT2D eigenvalue weighted by Crippen LogP contribution is 2.33. The van der Waals surface area contributed by atoms with Crippen molar-refractivity contribution in [1.29, 1.82) is 0 Å². The SMILES string of the molecule is CCCCO.O=C1C=C(N2CC2)C(=O)C(N2CC2)=C1N1CC1. The van der Waals surface area contributed by atoms with E-state index in [9.17, 15) is 9.59 Å². The topological polar surface area (TPSA) is 63.4 Å². The van der Waals surface area contributed by atoms with Crippen molar-refractivity contribution in [3.63, 3.8) is 0 Å². The van der Waals surface area contributed by atoms with Gasteiger partial charge in [0, 0.05) is 52.0 Å². The fourth-order valence-corrected chi connectivity index (χ4v) is 2.43. The molecule has 3 fully saturated rings. The fourth-order valence-electron chi connectivity index (χ4n) is 2.43. The second-order valence-electron chi connectivity index (χ2n) is 5.96. The van der Waals surface area contributed by atoms with Gasteiger partial charge in [-0.25, -0.2) is 0 Å². The Hall–Kier alpha value is -1.82. The summed E-state index contributed by atoms with van der Waals surface area (Å²) < 4.78 is 0. The van der Waals surface area contributed by atoms with E-state index in [1.165, 1.54) is 6.08 Å². The molecule has 3 heterocycles. The number of carbonyl (C=O) groups is 2. The van der Waals surface area contributed by atoms with Crippen LogP contribution in [0, 0.1) is 0 Å². The largest absolute Gasteiger partial charge is 0.396 e. The van der Waals surface area contributed by atoms with E-state index in [4.69, 9.17) is 5.11 Å². The summed E-state index contributed by atoms with van der Waals surface area (Å²) in [6, 6.07) is 0. The number of nitrogens with zero attached hydrogens (tertiary/aromatic N) is 3. The Morgan fingerprint density at radius 3 is 1.91 bits per heavy atom. The average molecular weight is 305 g/mol. The minimum atomic E-state index is 0.00546. The van der Waals surface area contributed by atoms with E-state index in [-0.39, 0.29) is 11.6 Å². The summed E-state index contributed by atoms with van der Waals surface area (Å²) in [5.41, 5.74) is 1.89. The number of hydrogen-bond donors (Lipinski definition) is 1. The predicted octanol–water partition coefficient (Wildman–Crippen LogP) is -0.0407. The monoisotopic (exact) mass is 305 g/mol. The lowest BCUT2D eigenvalue weighted by Crippen LogP contribution is -2.29. The molecule has 0 radical (unpaired) electrons. The van der Waals surface area contributed by atoms with Crippen LogP contribution in [0.3, 0.4) is 0 Å². The van der Waals surface area contributed by atoms with Gasteiger partial charge in [0.25, 0.3) is 0 Å². The number of ketones is 2. The summed E-state index contributed by atoms with van der Waals surface area (Å²) in [5, 5.41) is 8.07. The fraction of sp³-hybridized carbons (Fsp3) is 0.625. The zero-order valence-electron chi connectivity index (χ0n) is 13.0. The Morgan fingerprint density at radius 2 is 1.50 bits per heavy atom. The van der Waals surface area contributed by atoms with E-state index in [0.717, 1.165) is 52.1 Å². The Labute approximate surface area is 130 Å². The molecule has 0 amide bonds. The van der Waals surface area contributed by atoms with Crippen molar-refractivity contribution in [3.05, 3.63) is 23.2 Å². The van der Waals surface area contributed by atoms with Crippen LogP contribution in [-0.4, -0.2) is 77.2 Å². The molecule has 1 aliphatic carbocycles. The van der Waals surface area contributed by atoms with Gasteiger partial charge < -0.3 is 19.8 Å². The van der Waals surface area contributed by atoms with Gasteiger partial charge in [-0.1, -0.05) is 13.3 Å². The molecule has 3 saturated heterocycles. The summed E-state index contributed by atoms with van der Waals surface area (Å²) in [5.74, 6) is 0.0485. The van der Waals surface area contributed by atoms with E-state index < -0.39 is 0 Å². The average Bonchev–Trinajstić information content (AvgIpc) is 3.37. The van der Waals surface area contributed by atoms with Gasteiger partial charge in [-0.2, -0.15) is 0 Å². The Balaban J connectivity index is 0.000000254. The number of Topliss-reactive ketones (excluding diaryl/α,β-unsaturated/α-hetero) is 1. The summed E-state index contributed by atoms with van der Waals surface area (Å²) >= 11 is 0. The van der Waals surface area contributed by atoms with E-state index in [1.54, 1.807) is 0 Å². The molecule has 0 saturated carbocycles. The van der Waals surface area contributed by atoms with E-state index >= 15 is 0 Å². The van der Waals surface area contributed by atoms with Crippen molar-refractivity contribution in [2.24, 2.45) is 0 Å². The Kier molecular flexibility index (Phi) is 4.20. The third-order valence-corrected chi connectivity index (χ3v) is 4.00. The lowest BCUT2D eigenvalue weighted by Gasteiger charge is -2.21. The molecule has 1 N–H and O–H groups in total. The van der Waals surface area contributed by atoms with Crippen LogP contribution in [-0.2, 0) is 9.59 Å². The second kappa shape index (κ2) is 6.12. The van der Waals surface area contributed by atoms with Crippen LogP contribution in [0.4, 0.5) is 0 Å². The van der Waals surface area contributed by atoms with Crippen molar-refractivity contribution in [2.45, 2.75) is 19.8 Å². The zero-order chi connectivity index (χ0) is 15.7. The number of allylic oxidation sites excluding steroid dienone is 1. The van der Waals surface area contributed by atoms with Crippen LogP contribution >= 0.6 is 0 Å². The first kappa shape index (κ1) is 15.1. The molecule has 22 heavy (non-hydrogen) atoms. The third kappa shape index (κ3) is 3.16. The first-order valence-corrected chi connectivity index (χ1v) is 8.08. The van der Waals surface area contributed by atoms with Gasteiger partial charge in [0.05, 0.1) is 5.70 Å². The lowest BCUT2D eigenvalue weighted by atomic mass is 10.0. The highest BCUT2D eigenvalue weighted by molar-refractivity contribution is 6.22. The molecule has 3 aliphatic heterocycles. The predicted molar refractivity (Wildman–Crippen MR) is 81.8 cm³/mol. The number of aliphatic hydroxyl groups excluding tert-OH is 1. The molecule has 0 bridgehead atoms. The van der Waals surface area contributed by atoms with Crippen molar-refractivity contribution in [2.75, 3.05) is 45.9 Å². The van der Waals surface area contributed by atoms with Crippen LogP contribution < -0.4 is 0 Å².